The molecule has 0 aromatic heterocycles. The van der Waals surface area contributed by atoms with Crippen LogP contribution in [0.3, 0.4) is 0 Å². The fourth-order valence-corrected chi connectivity index (χ4v) is 5.04. The quantitative estimate of drug-likeness (QED) is 0.0761. The van der Waals surface area contributed by atoms with E-state index in [1.54, 1.807) is 20.8 Å². The number of ether oxygens (including phenoxy) is 3. The Labute approximate surface area is 290 Å². The molecule has 0 unspecified atom stereocenters. The molecular formula is C39H51N3O7. The van der Waals surface area contributed by atoms with Crippen molar-refractivity contribution < 1.29 is 33.4 Å². The average molecular weight is 674 g/mol. The topological polar surface area (TPSA) is 132 Å². The molecule has 0 radical (unpaired) electrons. The van der Waals surface area contributed by atoms with Crippen molar-refractivity contribution in [3.05, 3.63) is 95.6 Å². The van der Waals surface area contributed by atoms with Crippen molar-refractivity contribution >= 4 is 24.1 Å². The van der Waals surface area contributed by atoms with E-state index in [0.29, 0.717) is 38.8 Å². The minimum absolute atomic E-state index is 0.222. The number of hydrogen-bond donors (Lipinski definition) is 3. The highest BCUT2D eigenvalue weighted by Crippen LogP contribution is 2.21. The summed E-state index contributed by atoms with van der Waals surface area (Å²) in [5.74, 6) is -0.710. The Balaban J connectivity index is 1.33. The summed E-state index contributed by atoms with van der Waals surface area (Å²) in [6.07, 6.45) is 4.29. The first-order chi connectivity index (χ1) is 23.5. The number of esters is 1. The predicted octanol–water partition coefficient (Wildman–Crippen LogP) is 6.89. The van der Waals surface area contributed by atoms with Gasteiger partial charge in [-0.15, -0.1) is 0 Å². The van der Waals surface area contributed by atoms with Crippen molar-refractivity contribution in [2.75, 3.05) is 20.2 Å². The molecule has 0 saturated carbocycles. The number of aryl methyl sites for hydroxylation is 2. The van der Waals surface area contributed by atoms with Crippen molar-refractivity contribution in [3.8, 4) is 11.1 Å². The summed E-state index contributed by atoms with van der Waals surface area (Å²) in [7, 11) is 1.30. The van der Waals surface area contributed by atoms with Crippen molar-refractivity contribution in [2.24, 2.45) is 0 Å². The van der Waals surface area contributed by atoms with Gasteiger partial charge in [-0.05, 0) is 93.5 Å². The summed E-state index contributed by atoms with van der Waals surface area (Å²) in [5, 5.41) is 8.30. The third kappa shape index (κ3) is 15.7. The standard InChI is InChI=1S/C39H51N3O7/c1-39(2,3)49-38(46)41-27-11-9-15-34(36(44)47-4)42-35(43)25-20-30-18-23-33(24-19-30)32-21-16-29(17-22-32)12-8-10-26-40-37(45)48-28-31-13-6-5-7-14-31/h5-7,13-14,16-19,21-24,34H,8-12,15,20,25-28H2,1-4H3,(H,40,45)(H,41,46)(H,42,43)/t34-/m0/s1. The zero-order valence-corrected chi connectivity index (χ0v) is 29.2. The number of methoxy groups -OCH3 is 1. The maximum Gasteiger partial charge on any atom is 0.407 e. The highest BCUT2D eigenvalue weighted by Gasteiger charge is 2.21. The number of benzene rings is 3. The van der Waals surface area contributed by atoms with Crippen LogP contribution >= 0.6 is 0 Å². The Kier molecular flexibility index (Phi) is 16.1. The van der Waals surface area contributed by atoms with Gasteiger partial charge in [0.2, 0.25) is 5.91 Å². The number of alkyl carbamates (subject to hydrolysis) is 2. The molecule has 3 N–H and O–H groups in total. The van der Waals surface area contributed by atoms with Crippen LogP contribution in [0.5, 0.6) is 0 Å². The SMILES string of the molecule is COC(=O)[C@H](CCCCNC(=O)OC(C)(C)C)NC(=O)CCc1ccc(-c2ccc(CCCCNC(=O)OCc3ccccc3)cc2)cc1. The van der Waals surface area contributed by atoms with Gasteiger partial charge in [-0.2, -0.15) is 0 Å². The van der Waals surface area contributed by atoms with Crippen LogP contribution in [-0.4, -0.2) is 55.9 Å². The Hall–Kier alpha value is -4.86. The van der Waals surface area contributed by atoms with Crippen molar-refractivity contribution in [1.29, 1.82) is 0 Å². The molecular weight excluding hydrogens is 622 g/mol. The van der Waals surface area contributed by atoms with E-state index in [-0.39, 0.29) is 18.9 Å². The number of amides is 3. The van der Waals surface area contributed by atoms with E-state index >= 15 is 0 Å². The number of rotatable bonds is 18. The monoisotopic (exact) mass is 673 g/mol. The van der Waals surface area contributed by atoms with Crippen LogP contribution in [0, 0.1) is 0 Å². The second-order valence-electron chi connectivity index (χ2n) is 12.9. The molecule has 0 fully saturated rings. The summed E-state index contributed by atoms with van der Waals surface area (Å²) < 4.78 is 15.3. The largest absolute Gasteiger partial charge is 0.467 e. The molecule has 0 aliphatic heterocycles. The van der Waals surface area contributed by atoms with Crippen molar-refractivity contribution in [1.82, 2.24) is 16.0 Å². The summed E-state index contributed by atoms with van der Waals surface area (Å²) in [4.78, 5) is 48.6. The lowest BCUT2D eigenvalue weighted by atomic mass is 9.99. The third-order valence-electron chi connectivity index (χ3n) is 7.66. The molecule has 10 nitrogen and oxygen atoms in total. The number of hydrogen-bond acceptors (Lipinski definition) is 7. The Morgan fingerprint density at radius 2 is 1.24 bits per heavy atom. The first-order valence-electron chi connectivity index (χ1n) is 17.0. The maximum atomic E-state index is 12.7. The van der Waals surface area contributed by atoms with E-state index < -0.39 is 29.8 Å². The van der Waals surface area contributed by atoms with Crippen LogP contribution in [0.2, 0.25) is 0 Å². The van der Waals surface area contributed by atoms with Crippen LogP contribution in [0.15, 0.2) is 78.9 Å². The molecule has 49 heavy (non-hydrogen) atoms. The van der Waals surface area contributed by atoms with Gasteiger partial charge < -0.3 is 30.2 Å². The van der Waals surface area contributed by atoms with Gasteiger partial charge in [0.15, 0.2) is 0 Å². The highest BCUT2D eigenvalue weighted by atomic mass is 16.6. The van der Waals surface area contributed by atoms with Gasteiger partial charge in [0.1, 0.15) is 18.2 Å². The van der Waals surface area contributed by atoms with Crippen LogP contribution in [0.1, 0.15) is 76.0 Å². The summed E-state index contributed by atoms with van der Waals surface area (Å²) in [6, 6.07) is 25.5. The molecule has 0 heterocycles. The van der Waals surface area contributed by atoms with Gasteiger partial charge in [-0.1, -0.05) is 78.9 Å². The highest BCUT2D eigenvalue weighted by molar-refractivity contribution is 5.84. The summed E-state index contributed by atoms with van der Waals surface area (Å²) in [6.45, 7) is 6.64. The normalized spacial score (nSPS) is 11.6. The van der Waals surface area contributed by atoms with Crippen LogP contribution in [-0.2, 0) is 43.2 Å². The first kappa shape index (κ1) is 38.6. The van der Waals surface area contributed by atoms with Crippen LogP contribution in [0.4, 0.5) is 9.59 Å². The van der Waals surface area contributed by atoms with Gasteiger partial charge in [-0.3, -0.25) is 4.79 Å². The van der Waals surface area contributed by atoms with Crippen LogP contribution in [0.25, 0.3) is 11.1 Å². The van der Waals surface area contributed by atoms with Gasteiger partial charge in [-0.25, -0.2) is 14.4 Å². The van der Waals surface area contributed by atoms with E-state index in [2.05, 4.69) is 40.2 Å². The molecule has 10 heteroatoms. The second-order valence-corrected chi connectivity index (χ2v) is 12.9. The lowest BCUT2D eigenvalue weighted by Crippen LogP contribution is -2.41. The predicted molar refractivity (Wildman–Crippen MR) is 190 cm³/mol. The molecule has 0 bridgehead atoms. The number of carbonyl (C=O) groups excluding carboxylic acids is 4. The number of unbranched alkanes of at least 4 members (excludes halogenated alkanes) is 2. The summed E-state index contributed by atoms with van der Waals surface area (Å²) >= 11 is 0. The second kappa shape index (κ2) is 20.5. The molecule has 0 saturated heterocycles. The van der Waals surface area contributed by atoms with E-state index in [0.717, 1.165) is 41.5 Å². The molecule has 3 aromatic rings. The molecule has 0 spiro atoms. The molecule has 3 amide bonds. The Morgan fingerprint density at radius 3 is 1.84 bits per heavy atom. The lowest BCUT2D eigenvalue weighted by molar-refractivity contribution is -0.145. The molecule has 1 atom stereocenters. The first-order valence-corrected chi connectivity index (χ1v) is 17.0. The van der Waals surface area contributed by atoms with Crippen LogP contribution < -0.4 is 16.0 Å². The molecule has 264 valence electrons. The van der Waals surface area contributed by atoms with Gasteiger partial charge in [0.05, 0.1) is 7.11 Å². The fourth-order valence-electron chi connectivity index (χ4n) is 5.04. The minimum atomic E-state index is -0.741. The smallest absolute Gasteiger partial charge is 0.407 e. The van der Waals surface area contributed by atoms with E-state index in [1.165, 1.54) is 12.7 Å². The van der Waals surface area contributed by atoms with E-state index in [1.807, 2.05) is 54.6 Å². The van der Waals surface area contributed by atoms with Crippen molar-refractivity contribution in [3.63, 3.8) is 0 Å². The maximum absolute atomic E-state index is 12.7. The zero-order chi connectivity index (χ0) is 35.5. The number of nitrogens with one attached hydrogen (secondary N) is 3. The molecule has 3 aromatic carbocycles. The van der Waals surface area contributed by atoms with E-state index in [4.69, 9.17) is 14.2 Å². The average Bonchev–Trinajstić information content (AvgIpc) is 3.09. The zero-order valence-electron chi connectivity index (χ0n) is 29.2. The lowest BCUT2D eigenvalue weighted by Gasteiger charge is -2.20. The third-order valence-corrected chi connectivity index (χ3v) is 7.66. The van der Waals surface area contributed by atoms with Gasteiger partial charge >= 0.3 is 18.2 Å². The molecule has 0 aliphatic carbocycles. The Morgan fingerprint density at radius 1 is 0.673 bits per heavy atom. The van der Waals surface area contributed by atoms with Gasteiger partial charge in [0, 0.05) is 19.5 Å². The van der Waals surface area contributed by atoms with Gasteiger partial charge in [0.25, 0.3) is 0 Å². The fraction of sp³-hybridized carbons (Fsp3) is 0.436. The molecule has 3 rings (SSSR count). The Bertz CT molecular complexity index is 1450. The minimum Gasteiger partial charge on any atom is -0.467 e. The summed E-state index contributed by atoms with van der Waals surface area (Å²) in [5.41, 5.74) is 4.85. The number of carbonyl (C=O) groups is 4. The van der Waals surface area contributed by atoms with Crippen molar-refractivity contribution in [2.45, 2.75) is 90.4 Å². The molecule has 0 aliphatic rings. The van der Waals surface area contributed by atoms with E-state index in [9.17, 15) is 19.2 Å².